The fraction of sp³-hybridized carbons (Fsp3) is 0.194. The molecule has 0 fully saturated rings. The molecule has 4 aromatic carbocycles. The molecule has 1 aliphatic carbocycles. The Hall–Kier alpha value is -3.69. The summed E-state index contributed by atoms with van der Waals surface area (Å²) in [5, 5.41) is 5.51. The fourth-order valence-electron chi connectivity index (χ4n) is 4.91. The van der Waals surface area contributed by atoms with Crippen molar-refractivity contribution in [2.24, 2.45) is 0 Å². The first-order chi connectivity index (χ1) is 16.7. The molecule has 3 nitrogen and oxygen atoms in total. The van der Waals surface area contributed by atoms with Gasteiger partial charge in [-0.3, -0.25) is 0 Å². The Morgan fingerprint density at radius 2 is 1.56 bits per heavy atom. The number of rotatable bonds is 3. The molecule has 0 aliphatic heterocycles. The van der Waals surface area contributed by atoms with Gasteiger partial charge in [-0.1, -0.05) is 78.9 Å². The highest BCUT2D eigenvalue weighted by molar-refractivity contribution is 6.10. The predicted molar refractivity (Wildman–Crippen MR) is 138 cm³/mol. The van der Waals surface area contributed by atoms with Gasteiger partial charge < -0.3 is 9.15 Å². The molecule has 0 spiro atoms. The molecular weight excluding hydrogens is 420 g/mol. The van der Waals surface area contributed by atoms with Gasteiger partial charge in [-0.25, -0.2) is 4.79 Å². The van der Waals surface area contributed by atoms with E-state index in [1.165, 1.54) is 62.5 Å². The van der Waals surface area contributed by atoms with E-state index in [0.29, 0.717) is 6.61 Å². The lowest BCUT2D eigenvalue weighted by Crippen LogP contribution is -2.13. The van der Waals surface area contributed by atoms with Crippen LogP contribution in [0.1, 0.15) is 41.2 Å². The summed E-state index contributed by atoms with van der Waals surface area (Å²) in [6, 6.07) is 30.9. The Balaban J connectivity index is 0.000000297. The van der Waals surface area contributed by atoms with Crippen LogP contribution in [0.3, 0.4) is 0 Å². The van der Waals surface area contributed by atoms with Gasteiger partial charge in [-0.05, 0) is 76.1 Å². The number of hydrogen-bond acceptors (Lipinski definition) is 3. The topological polar surface area (TPSA) is 39.4 Å². The van der Waals surface area contributed by atoms with Crippen molar-refractivity contribution < 1.29 is 9.15 Å². The van der Waals surface area contributed by atoms with Crippen LogP contribution >= 0.6 is 0 Å². The molecule has 0 N–H and O–H groups in total. The van der Waals surface area contributed by atoms with Crippen LogP contribution in [-0.2, 0) is 17.8 Å². The minimum absolute atomic E-state index is 0.199. The lowest BCUT2D eigenvalue weighted by molar-refractivity contribution is 0.0284. The summed E-state index contributed by atoms with van der Waals surface area (Å²) in [4.78, 5) is 10.1. The van der Waals surface area contributed by atoms with E-state index in [1.54, 1.807) is 12.1 Å². The third-order valence-corrected chi connectivity index (χ3v) is 6.54. The minimum Gasteiger partial charge on any atom is -0.431 e. The summed E-state index contributed by atoms with van der Waals surface area (Å²) in [6.45, 7) is 2.91. The maximum Gasteiger partial charge on any atom is 0.335 e. The Kier molecular flexibility index (Phi) is 6.55. The molecule has 3 heteroatoms. The van der Waals surface area contributed by atoms with Crippen LogP contribution in [0.25, 0.3) is 21.5 Å². The molecule has 1 unspecified atom stereocenters. The van der Waals surface area contributed by atoms with Crippen molar-refractivity contribution in [1.82, 2.24) is 0 Å². The second-order valence-electron chi connectivity index (χ2n) is 8.77. The molecule has 1 aliphatic rings. The molecule has 1 aromatic heterocycles. The lowest BCUT2D eigenvalue weighted by Gasteiger charge is -2.27. The third-order valence-electron chi connectivity index (χ3n) is 6.54. The van der Waals surface area contributed by atoms with Crippen LogP contribution < -0.4 is 5.63 Å². The normalized spacial score (nSPS) is 14.9. The molecule has 0 amide bonds. The number of aryl methyl sites for hydroxylation is 2. The second kappa shape index (κ2) is 10.1. The van der Waals surface area contributed by atoms with E-state index in [9.17, 15) is 4.79 Å². The number of benzene rings is 4. The molecule has 0 bridgehead atoms. The molecular formula is C31H28O3. The standard InChI is InChI=1S/C26H24O.C5H4O2/c1-18-16-25-22-12-7-13-26(27-17-19-8-3-2-4-9-19)24(22)15-14-23(25)21-11-6-5-10-20(18)21;6-5-3-1-2-4-7-5/h2-6,8-11,14-16,26H,7,12-13,17H2,1H3;1-4H. The van der Waals surface area contributed by atoms with Crippen molar-refractivity contribution in [3.63, 3.8) is 0 Å². The first kappa shape index (κ1) is 22.1. The summed E-state index contributed by atoms with van der Waals surface area (Å²) in [5.41, 5.74) is 5.18. The zero-order valence-electron chi connectivity index (χ0n) is 19.4. The Morgan fingerprint density at radius 3 is 2.29 bits per heavy atom. The average molecular weight is 449 g/mol. The van der Waals surface area contributed by atoms with Gasteiger partial charge in [0.05, 0.1) is 19.0 Å². The summed E-state index contributed by atoms with van der Waals surface area (Å²) in [6.07, 6.45) is 5.00. The number of ether oxygens (including phenoxy) is 1. The van der Waals surface area contributed by atoms with E-state index in [2.05, 4.69) is 84.1 Å². The first-order valence-corrected chi connectivity index (χ1v) is 11.8. The highest BCUT2D eigenvalue weighted by Gasteiger charge is 2.23. The molecule has 1 heterocycles. The van der Waals surface area contributed by atoms with Gasteiger partial charge in [0.15, 0.2) is 0 Å². The van der Waals surface area contributed by atoms with Gasteiger partial charge in [0.25, 0.3) is 0 Å². The van der Waals surface area contributed by atoms with E-state index in [0.717, 1.165) is 12.8 Å². The molecule has 1 atom stereocenters. The summed E-state index contributed by atoms with van der Waals surface area (Å²) >= 11 is 0. The van der Waals surface area contributed by atoms with Crippen molar-refractivity contribution >= 4 is 21.5 Å². The van der Waals surface area contributed by atoms with Gasteiger partial charge >= 0.3 is 5.63 Å². The van der Waals surface area contributed by atoms with Crippen LogP contribution in [0.5, 0.6) is 0 Å². The van der Waals surface area contributed by atoms with Gasteiger partial charge in [0, 0.05) is 6.07 Å². The molecule has 6 rings (SSSR count). The molecule has 170 valence electrons. The highest BCUT2D eigenvalue weighted by atomic mass is 16.5. The zero-order valence-corrected chi connectivity index (χ0v) is 19.4. The summed E-state index contributed by atoms with van der Waals surface area (Å²) in [7, 11) is 0. The molecule has 0 saturated carbocycles. The van der Waals surface area contributed by atoms with Crippen molar-refractivity contribution in [2.75, 3.05) is 0 Å². The highest BCUT2D eigenvalue weighted by Crippen LogP contribution is 2.39. The lowest BCUT2D eigenvalue weighted by atomic mass is 9.84. The van der Waals surface area contributed by atoms with E-state index >= 15 is 0 Å². The van der Waals surface area contributed by atoms with E-state index in [-0.39, 0.29) is 11.7 Å². The summed E-state index contributed by atoms with van der Waals surface area (Å²) < 4.78 is 10.7. The molecule has 5 aromatic rings. The maximum absolute atomic E-state index is 10.1. The molecule has 34 heavy (non-hydrogen) atoms. The van der Waals surface area contributed by atoms with E-state index in [4.69, 9.17) is 4.74 Å². The fourth-order valence-corrected chi connectivity index (χ4v) is 4.91. The van der Waals surface area contributed by atoms with E-state index < -0.39 is 0 Å². The number of hydrogen-bond donors (Lipinski definition) is 0. The zero-order chi connectivity index (χ0) is 23.3. The van der Waals surface area contributed by atoms with Crippen LogP contribution in [-0.4, -0.2) is 0 Å². The monoisotopic (exact) mass is 448 g/mol. The molecule has 0 saturated heterocycles. The quantitative estimate of drug-likeness (QED) is 0.268. The summed E-state index contributed by atoms with van der Waals surface area (Å²) in [5.74, 6) is 0. The van der Waals surface area contributed by atoms with Gasteiger partial charge in [-0.2, -0.15) is 0 Å². The van der Waals surface area contributed by atoms with E-state index in [1.807, 2.05) is 0 Å². The van der Waals surface area contributed by atoms with Crippen molar-refractivity contribution in [3.05, 3.63) is 130 Å². The Bertz CT molecular complexity index is 1450. The largest absolute Gasteiger partial charge is 0.431 e. The van der Waals surface area contributed by atoms with Crippen LogP contribution in [0.2, 0.25) is 0 Å². The molecule has 0 radical (unpaired) electrons. The average Bonchev–Trinajstić information content (AvgIpc) is 2.89. The smallest absolute Gasteiger partial charge is 0.335 e. The third kappa shape index (κ3) is 4.66. The second-order valence-corrected chi connectivity index (χ2v) is 8.77. The van der Waals surface area contributed by atoms with Crippen LogP contribution in [0.15, 0.2) is 106 Å². The minimum atomic E-state index is -0.303. The van der Waals surface area contributed by atoms with Gasteiger partial charge in [0.1, 0.15) is 0 Å². The van der Waals surface area contributed by atoms with Gasteiger partial charge in [0.2, 0.25) is 0 Å². The Morgan fingerprint density at radius 1 is 0.824 bits per heavy atom. The SMILES string of the molecule is Cc1cc2c3c(ccc2c2ccccc12)C(OCc1ccccc1)CCC3.O=c1cccco1. The number of fused-ring (bicyclic) bond motifs is 5. The first-order valence-electron chi connectivity index (χ1n) is 11.8. The van der Waals surface area contributed by atoms with Gasteiger partial charge in [-0.15, -0.1) is 0 Å². The van der Waals surface area contributed by atoms with Crippen LogP contribution in [0, 0.1) is 6.92 Å². The van der Waals surface area contributed by atoms with Crippen molar-refractivity contribution in [2.45, 2.75) is 38.9 Å². The van der Waals surface area contributed by atoms with Crippen molar-refractivity contribution in [1.29, 1.82) is 0 Å². The van der Waals surface area contributed by atoms with Crippen molar-refractivity contribution in [3.8, 4) is 0 Å². The maximum atomic E-state index is 10.1. The van der Waals surface area contributed by atoms with Crippen LogP contribution in [0.4, 0.5) is 0 Å². The Labute approximate surface area is 199 Å². The predicted octanol–water partition coefficient (Wildman–Crippen LogP) is 7.54.